The quantitative estimate of drug-likeness (QED) is 0.400. The molecule has 0 unspecified atom stereocenters. The Morgan fingerprint density at radius 3 is 1.77 bits per heavy atom. The van der Waals surface area contributed by atoms with Gasteiger partial charge in [-0.2, -0.15) is 0 Å². The highest BCUT2D eigenvalue weighted by molar-refractivity contribution is 7.95. The van der Waals surface area contributed by atoms with Crippen molar-refractivity contribution in [3.8, 4) is 0 Å². The third-order valence-corrected chi connectivity index (χ3v) is 5.35. The molecule has 0 N–H and O–H groups in total. The van der Waals surface area contributed by atoms with Crippen LogP contribution in [0.3, 0.4) is 0 Å². The van der Waals surface area contributed by atoms with Gasteiger partial charge in [-0.15, -0.1) is 0 Å². The lowest BCUT2D eigenvalue weighted by molar-refractivity contribution is -0.117. The third-order valence-electron chi connectivity index (χ3n) is 4.03. The van der Waals surface area contributed by atoms with Crippen LogP contribution in [0, 0.1) is 0 Å². The fourth-order valence-corrected chi connectivity index (χ4v) is 3.14. The Morgan fingerprint density at radius 2 is 1.36 bits per heavy atom. The summed E-state index contributed by atoms with van der Waals surface area (Å²) >= 11 is 4.64. The summed E-state index contributed by atoms with van der Waals surface area (Å²) in [5.41, 5.74) is 1.89. The van der Waals surface area contributed by atoms with Gasteiger partial charge in [0, 0.05) is 58.4 Å². The van der Waals surface area contributed by atoms with Crippen LogP contribution in [0.4, 0.5) is 0 Å². The zero-order valence-corrected chi connectivity index (χ0v) is 13.9. The maximum absolute atomic E-state index is 12.4. The number of rotatable bonds is 4. The average molecular weight is 336 g/mol. The van der Waals surface area contributed by atoms with Gasteiger partial charge < -0.3 is 14.7 Å². The molecule has 0 aromatic heterocycles. The first-order chi connectivity index (χ1) is 10.7. The van der Waals surface area contributed by atoms with E-state index in [0.717, 1.165) is 46.8 Å². The van der Waals surface area contributed by atoms with Gasteiger partial charge >= 0.3 is 0 Å². The molecule has 4 heterocycles. The van der Waals surface area contributed by atoms with Crippen molar-refractivity contribution in [3.63, 3.8) is 0 Å². The van der Waals surface area contributed by atoms with Crippen LogP contribution in [0.15, 0.2) is 23.2 Å². The Labute approximate surface area is 135 Å². The second-order valence-electron chi connectivity index (χ2n) is 5.92. The minimum absolute atomic E-state index is 0.00546. The molecule has 0 bridgehead atoms. The predicted molar refractivity (Wildman–Crippen MR) is 85.7 cm³/mol. The average Bonchev–Trinajstić information content (AvgIpc) is 3.41. The second-order valence-corrected chi connectivity index (χ2v) is 7.14. The molecule has 1 aliphatic carbocycles. The molecule has 4 aliphatic heterocycles. The van der Waals surface area contributed by atoms with E-state index in [9.17, 15) is 9.59 Å². The van der Waals surface area contributed by atoms with E-state index in [0.29, 0.717) is 17.1 Å². The number of hydrogen-bond donors (Lipinski definition) is 0. The summed E-state index contributed by atoms with van der Waals surface area (Å²) < 4.78 is 2.16. The highest BCUT2D eigenvalue weighted by Crippen LogP contribution is 2.33. The van der Waals surface area contributed by atoms with Crippen molar-refractivity contribution >= 4 is 30.9 Å². The zero-order valence-electron chi connectivity index (χ0n) is 12.2. The van der Waals surface area contributed by atoms with Crippen LogP contribution in [0.25, 0.3) is 0 Å². The van der Waals surface area contributed by atoms with Crippen molar-refractivity contribution in [1.29, 1.82) is 0 Å². The van der Waals surface area contributed by atoms with E-state index in [1.165, 1.54) is 19.2 Å². The monoisotopic (exact) mass is 336 g/mol. The van der Waals surface area contributed by atoms with Crippen LogP contribution in [0.2, 0.25) is 0 Å². The van der Waals surface area contributed by atoms with E-state index in [1.54, 1.807) is 0 Å². The Morgan fingerprint density at radius 1 is 0.818 bits per heavy atom. The number of Topliss-reactive ketones (excluding diaryl/α,β-unsaturated/α-hetero) is 1. The standard InChI is InChI=1S/C12H13N3O2.C2H4NPS/c16-9-7-8(13-1-2-13)12(17)11(15-5-6-15)10(9)14-3-4-14;5-4-3-1-2-3/h7H,1-6H2;1-2H2. The zero-order chi connectivity index (χ0) is 15.3. The lowest BCUT2D eigenvalue weighted by Gasteiger charge is -2.21. The van der Waals surface area contributed by atoms with Crippen LogP contribution in [-0.2, 0) is 21.4 Å². The van der Waals surface area contributed by atoms with Gasteiger partial charge in [0.25, 0.3) is 0 Å². The van der Waals surface area contributed by atoms with Crippen molar-refractivity contribution in [2.75, 3.05) is 52.4 Å². The Kier molecular flexibility index (Phi) is 3.51. The molecule has 4 saturated heterocycles. The summed E-state index contributed by atoms with van der Waals surface area (Å²) in [6.07, 6.45) is 1.52. The second kappa shape index (κ2) is 5.41. The molecule has 116 valence electrons. The molecular weight excluding hydrogens is 319 g/mol. The molecule has 5 aliphatic rings. The normalized spacial score (nSPS) is 26.0. The molecule has 0 radical (unpaired) electrons. The maximum atomic E-state index is 12.4. The van der Waals surface area contributed by atoms with Gasteiger partial charge in [-0.25, -0.2) is 4.67 Å². The lowest BCUT2D eigenvalue weighted by Crippen LogP contribution is -2.29. The summed E-state index contributed by atoms with van der Waals surface area (Å²) in [6, 6.07) is 0. The molecule has 4 fully saturated rings. The Hall–Kier alpha value is -1.30. The van der Waals surface area contributed by atoms with Gasteiger partial charge in [-0.3, -0.25) is 9.59 Å². The molecule has 0 aromatic carbocycles. The van der Waals surface area contributed by atoms with E-state index in [-0.39, 0.29) is 11.6 Å². The highest BCUT2D eigenvalue weighted by Gasteiger charge is 2.43. The predicted octanol–water partition coefficient (Wildman–Crippen LogP) is -0.194. The number of allylic oxidation sites excluding steroid dienone is 1. The molecule has 0 atom stereocenters. The van der Waals surface area contributed by atoms with E-state index in [4.69, 9.17) is 0 Å². The molecule has 0 aromatic rings. The van der Waals surface area contributed by atoms with Crippen molar-refractivity contribution in [1.82, 2.24) is 19.4 Å². The van der Waals surface area contributed by atoms with Gasteiger partial charge in [0.2, 0.25) is 11.6 Å². The first kappa shape index (κ1) is 14.3. The van der Waals surface area contributed by atoms with Gasteiger partial charge in [0.15, 0.2) is 0 Å². The van der Waals surface area contributed by atoms with E-state index in [2.05, 4.69) is 16.5 Å². The molecule has 8 heteroatoms. The first-order valence-electron chi connectivity index (χ1n) is 7.57. The molecule has 22 heavy (non-hydrogen) atoms. The summed E-state index contributed by atoms with van der Waals surface area (Å²) in [5.74, 6) is 0.0485. The van der Waals surface area contributed by atoms with Crippen LogP contribution in [0.1, 0.15) is 0 Å². The van der Waals surface area contributed by atoms with E-state index < -0.39 is 0 Å². The van der Waals surface area contributed by atoms with Gasteiger partial charge in [0.05, 0.1) is 13.2 Å². The number of hydrogen-bond acceptors (Lipinski definition) is 6. The number of nitrogens with zero attached hydrogens (tertiary/aromatic N) is 4. The summed E-state index contributed by atoms with van der Waals surface area (Å²) in [5, 5.41) is 0. The van der Waals surface area contributed by atoms with Crippen molar-refractivity contribution in [2.24, 2.45) is 0 Å². The van der Waals surface area contributed by atoms with E-state index in [1.807, 2.05) is 14.7 Å². The third kappa shape index (κ3) is 2.93. The van der Waals surface area contributed by atoms with Crippen LogP contribution >= 0.6 is 7.51 Å². The fraction of sp³-hybridized carbons (Fsp3) is 0.571. The summed E-state index contributed by atoms with van der Waals surface area (Å²) in [7, 11) is 1.02. The maximum Gasteiger partial charge on any atom is 0.227 e. The summed E-state index contributed by atoms with van der Waals surface area (Å²) in [6.45, 7) is 7.86. The first-order valence-corrected chi connectivity index (χ1v) is 9.43. The van der Waals surface area contributed by atoms with Crippen LogP contribution in [0.5, 0.6) is 0 Å². The van der Waals surface area contributed by atoms with Crippen LogP contribution in [-0.4, -0.2) is 83.3 Å². The minimum atomic E-state index is 0.00546. The fourth-order valence-electron chi connectivity index (χ4n) is 2.40. The Balaban J connectivity index is 0.000000215. The highest BCUT2D eigenvalue weighted by atomic mass is 32.4. The number of ketones is 2. The Bertz CT molecular complexity index is 616. The van der Waals surface area contributed by atoms with E-state index >= 15 is 0 Å². The lowest BCUT2D eigenvalue weighted by atomic mass is 10.0. The summed E-state index contributed by atoms with van der Waals surface area (Å²) in [4.78, 5) is 30.5. The number of carbonyl (C=O) groups is 2. The molecule has 0 spiro atoms. The SMILES string of the molecule is O=C1C=C(N2CC2)C(=O)C(N2CC2)=C1N1CC1.S=PN1CC1. The molecule has 0 saturated carbocycles. The van der Waals surface area contributed by atoms with Crippen molar-refractivity contribution in [2.45, 2.75) is 0 Å². The minimum Gasteiger partial charge on any atom is -0.365 e. The van der Waals surface area contributed by atoms with Gasteiger partial charge in [-0.05, 0) is 11.8 Å². The van der Waals surface area contributed by atoms with Crippen molar-refractivity contribution in [3.05, 3.63) is 23.2 Å². The van der Waals surface area contributed by atoms with Gasteiger partial charge in [-0.1, -0.05) is 0 Å². The van der Waals surface area contributed by atoms with Gasteiger partial charge in [0.1, 0.15) is 11.4 Å². The van der Waals surface area contributed by atoms with Crippen LogP contribution < -0.4 is 0 Å². The number of carbonyl (C=O) groups excluding carboxylic acids is 2. The largest absolute Gasteiger partial charge is 0.365 e. The van der Waals surface area contributed by atoms with Crippen molar-refractivity contribution < 1.29 is 9.59 Å². The smallest absolute Gasteiger partial charge is 0.227 e. The molecule has 6 nitrogen and oxygen atoms in total. The molecule has 5 rings (SSSR count). The topological polar surface area (TPSA) is 46.2 Å². The molecular formula is C14H17N4O2PS. The molecule has 0 amide bonds.